The fourth-order valence-electron chi connectivity index (χ4n) is 4.31. The van der Waals surface area contributed by atoms with Crippen LogP contribution in [0.5, 0.6) is 0 Å². The van der Waals surface area contributed by atoms with Crippen LogP contribution in [0, 0.1) is 5.92 Å². The highest BCUT2D eigenvalue weighted by Crippen LogP contribution is 2.18. The minimum Gasteiger partial charge on any atom is -0.335 e. The molecule has 3 rings (SSSR count). The van der Waals surface area contributed by atoms with Gasteiger partial charge in [-0.1, -0.05) is 33.1 Å². The molecule has 2 aliphatic rings. The predicted molar refractivity (Wildman–Crippen MR) is 127 cm³/mol. The lowest BCUT2D eigenvalue weighted by Gasteiger charge is -2.33. The minimum absolute atomic E-state index is 0.0133. The van der Waals surface area contributed by atoms with Crippen molar-refractivity contribution in [3.63, 3.8) is 0 Å². The molecule has 1 aliphatic heterocycles. The molecule has 32 heavy (non-hydrogen) atoms. The molecule has 0 radical (unpaired) electrons. The molecule has 1 aliphatic carbocycles. The lowest BCUT2D eigenvalue weighted by molar-refractivity contribution is -0.116. The number of nitrogens with one attached hydrogen (secondary N) is 4. The summed E-state index contributed by atoms with van der Waals surface area (Å²) < 4.78 is 0. The average Bonchev–Trinajstić information content (AvgIpc) is 2.75. The van der Waals surface area contributed by atoms with E-state index >= 15 is 0 Å². The zero-order chi connectivity index (χ0) is 22.9. The molecule has 0 spiro atoms. The van der Waals surface area contributed by atoms with E-state index in [2.05, 4.69) is 21.3 Å². The zero-order valence-corrected chi connectivity index (χ0v) is 19.3. The van der Waals surface area contributed by atoms with Crippen molar-refractivity contribution in [2.75, 3.05) is 23.7 Å². The Morgan fingerprint density at radius 2 is 1.38 bits per heavy atom. The number of piperidine rings is 1. The van der Waals surface area contributed by atoms with Crippen LogP contribution in [-0.4, -0.2) is 48.0 Å². The molecule has 0 unspecified atom stereocenters. The van der Waals surface area contributed by atoms with Crippen molar-refractivity contribution in [1.82, 2.24) is 15.5 Å². The lowest BCUT2D eigenvalue weighted by atomic mass is 9.96. The summed E-state index contributed by atoms with van der Waals surface area (Å²) in [5, 5.41) is 11.9. The van der Waals surface area contributed by atoms with Crippen LogP contribution >= 0.6 is 0 Å². The van der Waals surface area contributed by atoms with Crippen molar-refractivity contribution in [2.45, 2.75) is 77.3 Å². The summed E-state index contributed by atoms with van der Waals surface area (Å²) in [6.07, 6.45) is 7.74. The Kier molecular flexibility index (Phi) is 8.76. The van der Waals surface area contributed by atoms with Crippen LogP contribution in [0.2, 0.25) is 0 Å². The fourth-order valence-corrected chi connectivity index (χ4v) is 4.31. The molecule has 1 aromatic rings. The first kappa shape index (κ1) is 23.9. The van der Waals surface area contributed by atoms with Crippen molar-refractivity contribution < 1.29 is 14.4 Å². The standard InChI is InChI=1S/C24H37N5O3/c1-17(2)16-22(30)25-19-8-10-20(11-9-19)28-24(32)29-14-12-21(13-15-29)27-23(31)26-18-6-4-3-5-7-18/h8-11,17-18,21H,3-7,12-16H2,1-2H3,(H,25,30)(H,28,32)(H2,26,27,31). The fraction of sp³-hybridized carbons (Fsp3) is 0.625. The third-order valence-corrected chi connectivity index (χ3v) is 6.07. The molecule has 176 valence electrons. The maximum Gasteiger partial charge on any atom is 0.321 e. The number of amides is 5. The van der Waals surface area contributed by atoms with Crippen LogP contribution in [0.4, 0.5) is 21.0 Å². The second-order valence-electron chi connectivity index (χ2n) is 9.37. The normalized spacial score (nSPS) is 17.7. The topological polar surface area (TPSA) is 103 Å². The molecule has 1 heterocycles. The quantitative estimate of drug-likeness (QED) is 0.527. The Morgan fingerprint density at radius 3 is 1.94 bits per heavy atom. The number of urea groups is 2. The molecular formula is C24H37N5O3. The first-order valence-corrected chi connectivity index (χ1v) is 11.9. The van der Waals surface area contributed by atoms with Gasteiger partial charge in [0.05, 0.1) is 0 Å². The summed E-state index contributed by atoms with van der Waals surface area (Å²) in [5.74, 6) is 0.292. The van der Waals surface area contributed by atoms with E-state index in [1.807, 2.05) is 13.8 Å². The van der Waals surface area contributed by atoms with E-state index in [9.17, 15) is 14.4 Å². The highest BCUT2D eigenvalue weighted by atomic mass is 16.2. The van der Waals surface area contributed by atoms with E-state index in [1.165, 1.54) is 19.3 Å². The van der Waals surface area contributed by atoms with Gasteiger partial charge in [-0.25, -0.2) is 9.59 Å². The number of carbonyl (C=O) groups is 3. The van der Waals surface area contributed by atoms with Gasteiger partial charge in [-0.3, -0.25) is 4.79 Å². The second kappa shape index (κ2) is 11.7. The smallest absolute Gasteiger partial charge is 0.321 e. The summed E-state index contributed by atoms with van der Waals surface area (Å²) in [6.45, 7) is 5.21. The Bertz CT molecular complexity index is 766. The Morgan fingerprint density at radius 1 is 0.844 bits per heavy atom. The molecule has 1 saturated heterocycles. The molecular weight excluding hydrogens is 406 g/mol. The van der Waals surface area contributed by atoms with Crippen molar-refractivity contribution >= 4 is 29.3 Å². The zero-order valence-electron chi connectivity index (χ0n) is 19.3. The van der Waals surface area contributed by atoms with E-state index in [1.54, 1.807) is 29.2 Å². The van der Waals surface area contributed by atoms with Crippen molar-refractivity contribution in [3.05, 3.63) is 24.3 Å². The minimum atomic E-state index is -0.147. The maximum atomic E-state index is 12.6. The number of nitrogens with zero attached hydrogens (tertiary/aromatic N) is 1. The summed E-state index contributed by atoms with van der Waals surface area (Å²) in [4.78, 5) is 38.5. The van der Waals surface area contributed by atoms with E-state index < -0.39 is 0 Å². The average molecular weight is 444 g/mol. The van der Waals surface area contributed by atoms with Crippen LogP contribution in [0.1, 0.15) is 65.2 Å². The van der Waals surface area contributed by atoms with Crippen molar-refractivity contribution in [2.24, 2.45) is 5.92 Å². The van der Waals surface area contributed by atoms with Gasteiger partial charge in [0.1, 0.15) is 0 Å². The van der Waals surface area contributed by atoms with E-state index in [-0.39, 0.29) is 24.0 Å². The number of carbonyl (C=O) groups excluding carboxylic acids is 3. The number of likely N-dealkylation sites (tertiary alicyclic amines) is 1. The molecule has 8 heteroatoms. The molecule has 8 nitrogen and oxygen atoms in total. The lowest BCUT2D eigenvalue weighted by Crippen LogP contribution is -2.51. The van der Waals surface area contributed by atoms with E-state index in [0.717, 1.165) is 25.7 Å². The highest BCUT2D eigenvalue weighted by molar-refractivity contribution is 5.92. The summed E-state index contributed by atoms with van der Waals surface area (Å²) in [5.41, 5.74) is 1.40. The molecule has 0 aromatic heterocycles. The van der Waals surface area contributed by atoms with Gasteiger partial charge in [-0.05, 0) is 55.9 Å². The molecule has 2 fully saturated rings. The molecule has 0 bridgehead atoms. The van der Waals surface area contributed by atoms with Gasteiger partial charge in [0.25, 0.3) is 0 Å². The van der Waals surface area contributed by atoms with Crippen molar-refractivity contribution in [1.29, 1.82) is 0 Å². The van der Waals surface area contributed by atoms with Crippen LogP contribution in [0.15, 0.2) is 24.3 Å². The molecule has 0 atom stereocenters. The van der Waals surface area contributed by atoms with Crippen LogP contribution in [0.25, 0.3) is 0 Å². The first-order chi connectivity index (χ1) is 15.4. The van der Waals surface area contributed by atoms with Gasteiger partial charge in [0.15, 0.2) is 0 Å². The third kappa shape index (κ3) is 7.73. The monoisotopic (exact) mass is 443 g/mol. The van der Waals surface area contributed by atoms with Gasteiger partial charge in [-0.2, -0.15) is 0 Å². The number of hydrogen-bond donors (Lipinski definition) is 4. The molecule has 1 aromatic carbocycles. The van der Waals surface area contributed by atoms with Gasteiger partial charge in [-0.15, -0.1) is 0 Å². The summed E-state index contributed by atoms with van der Waals surface area (Å²) in [6, 6.07) is 7.30. The third-order valence-electron chi connectivity index (χ3n) is 6.07. The van der Waals surface area contributed by atoms with Crippen LogP contribution in [-0.2, 0) is 4.79 Å². The second-order valence-corrected chi connectivity index (χ2v) is 9.37. The van der Waals surface area contributed by atoms with E-state index in [0.29, 0.717) is 42.8 Å². The summed E-state index contributed by atoms with van der Waals surface area (Å²) >= 11 is 0. The molecule has 5 amide bonds. The van der Waals surface area contributed by atoms with Crippen LogP contribution < -0.4 is 21.3 Å². The Labute approximate surface area is 190 Å². The van der Waals surface area contributed by atoms with Gasteiger partial charge in [0.2, 0.25) is 5.91 Å². The van der Waals surface area contributed by atoms with Gasteiger partial charge in [0, 0.05) is 43.0 Å². The largest absolute Gasteiger partial charge is 0.335 e. The predicted octanol–water partition coefficient (Wildman–Crippen LogP) is 4.30. The maximum absolute atomic E-state index is 12.6. The number of benzene rings is 1. The Hall–Kier alpha value is -2.77. The number of rotatable bonds is 6. The van der Waals surface area contributed by atoms with Gasteiger partial charge < -0.3 is 26.2 Å². The number of hydrogen-bond acceptors (Lipinski definition) is 3. The van der Waals surface area contributed by atoms with E-state index in [4.69, 9.17) is 0 Å². The van der Waals surface area contributed by atoms with Crippen molar-refractivity contribution in [3.8, 4) is 0 Å². The SMILES string of the molecule is CC(C)CC(=O)Nc1ccc(NC(=O)N2CCC(NC(=O)NC3CCCCC3)CC2)cc1. The first-order valence-electron chi connectivity index (χ1n) is 11.9. The number of anilines is 2. The van der Waals surface area contributed by atoms with Crippen LogP contribution in [0.3, 0.4) is 0 Å². The van der Waals surface area contributed by atoms with Gasteiger partial charge >= 0.3 is 12.1 Å². The Balaban J connectivity index is 1.37. The highest BCUT2D eigenvalue weighted by Gasteiger charge is 2.25. The molecule has 1 saturated carbocycles. The summed E-state index contributed by atoms with van der Waals surface area (Å²) in [7, 11) is 0. The molecule has 4 N–H and O–H groups in total.